The Morgan fingerprint density at radius 3 is 2.52 bits per heavy atom. The highest BCUT2D eigenvalue weighted by atomic mass is 35.5. The van der Waals surface area contributed by atoms with E-state index in [-0.39, 0.29) is 30.8 Å². The second-order valence-corrected chi connectivity index (χ2v) is 8.08. The number of nitrogens with one attached hydrogen (secondary N) is 1. The van der Waals surface area contributed by atoms with Gasteiger partial charge in [0.05, 0.1) is 0 Å². The molecule has 2 N–H and O–H groups in total. The number of carbonyl (C=O) groups excluding carboxylic acids is 1. The van der Waals surface area contributed by atoms with Gasteiger partial charge in [-0.3, -0.25) is 19.4 Å². The summed E-state index contributed by atoms with van der Waals surface area (Å²) in [5.41, 5.74) is 0. The maximum absolute atomic E-state index is 14.7. The van der Waals surface area contributed by atoms with Crippen LogP contribution in [-0.4, -0.2) is 95.9 Å². The molecule has 0 radical (unpaired) electrons. The van der Waals surface area contributed by atoms with Crippen LogP contribution >= 0.6 is 23.2 Å². The molecule has 1 heterocycles. The minimum Gasteiger partial charge on any atom is -0.481 e. The van der Waals surface area contributed by atoms with Crippen molar-refractivity contribution in [1.82, 2.24) is 15.1 Å². The molecule has 0 aromatic rings. The fourth-order valence-electron chi connectivity index (χ4n) is 4.32. The van der Waals surface area contributed by atoms with Crippen LogP contribution in [0.2, 0.25) is 0 Å². The van der Waals surface area contributed by atoms with Crippen molar-refractivity contribution in [3.63, 3.8) is 0 Å². The summed E-state index contributed by atoms with van der Waals surface area (Å²) in [5, 5.41) is 12.6. The van der Waals surface area contributed by atoms with E-state index in [1.807, 2.05) is 11.8 Å². The summed E-state index contributed by atoms with van der Waals surface area (Å²) in [7, 11) is 0. The Kier molecular flexibility index (Phi) is 9.22. The summed E-state index contributed by atoms with van der Waals surface area (Å²) in [5.74, 6) is -1.94. The van der Waals surface area contributed by atoms with E-state index in [9.17, 15) is 19.1 Å². The molecule has 5 unspecified atom stereocenters. The van der Waals surface area contributed by atoms with Crippen LogP contribution in [0.3, 0.4) is 0 Å². The molecule has 2 rings (SSSR count). The van der Waals surface area contributed by atoms with Gasteiger partial charge in [0.2, 0.25) is 0 Å². The Morgan fingerprint density at radius 1 is 1.30 bits per heavy atom. The molecule has 0 spiro atoms. The highest BCUT2D eigenvalue weighted by Gasteiger charge is 2.50. The third kappa shape index (κ3) is 5.76. The van der Waals surface area contributed by atoms with Crippen LogP contribution in [0, 0.1) is 11.8 Å². The summed E-state index contributed by atoms with van der Waals surface area (Å²) < 4.78 is 14.7. The van der Waals surface area contributed by atoms with Crippen molar-refractivity contribution in [3.8, 4) is 0 Å². The van der Waals surface area contributed by atoms with Crippen molar-refractivity contribution < 1.29 is 19.1 Å². The normalized spacial score (nSPS) is 31.9. The van der Waals surface area contributed by atoms with Crippen molar-refractivity contribution in [2.75, 3.05) is 51.0 Å². The number of ketones is 1. The zero-order chi connectivity index (χ0) is 20.0. The minimum absolute atomic E-state index is 0.0918. The second kappa shape index (κ2) is 10.9. The Bertz CT molecular complexity index is 508. The molecule has 2 aliphatic rings. The average Bonchev–Trinajstić information content (AvgIpc) is 2.63. The van der Waals surface area contributed by atoms with E-state index in [0.29, 0.717) is 31.3 Å². The zero-order valence-electron chi connectivity index (χ0n) is 15.7. The number of halogens is 3. The van der Waals surface area contributed by atoms with Crippen molar-refractivity contribution in [3.05, 3.63) is 0 Å². The molecule has 1 aliphatic carbocycles. The summed E-state index contributed by atoms with van der Waals surface area (Å²) in [4.78, 5) is 28.1. The van der Waals surface area contributed by atoms with Crippen LogP contribution in [0.5, 0.6) is 0 Å². The summed E-state index contributed by atoms with van der Waals surface area (Å²) in [6, 6.07) is -0.423. The molecule has 0 aromatic carbocycles. The quantitative estimate of drug-likeness (QED) is 0.407. The van der Waals surface area contributed by atoms with Crippen molar-refractivity contribution in [1.29, 1.82) is 0 Å². The minimum atomic E-state index is -1.16. The van der Waals surface area contributed by atoms with Crippen molar-refractivity contribution in [2.24, 2.45) is 11.8 Å². The summed E-state index contributed by atoms with van der Waals surface area (Å²) in [6.45, 7) is 5.64. The molecule has 1 aliphatic heterocycles. The first-order valence-electron chi connectivity index (χ1n) is 9.65. The fraction of sp³-hybridized carbons (Fsp3) is 0.889. The van der Waals surface area contributed by atoms with E-state index < -0.39 is 24.0 Å². The Morgan fingerprint density at radius 2 is 1.96 bits per heavy atom. The summed E-state index contributed by atoms with van der Waals surface area (Å²) in [6.07, 6.45) is -0.548. The molecule has 27 heavy (non-hydrogen) atoms. The van der Waals surface area contributed by atoms with Gasteiger partial charge in [0.1, 0.15) is 12.1 Å². The molecule has 0 bridgehead atoms. The largest absolute Gasteiger partial charge is 0.481 e. The lowest BCUT2D eigenvalue weighted by atomic mass is 9.71. The number of carboxylic acids is 1. The van der Waals surface area contributed by atoms with Crippen LogP contribution in [0.4, 0.5) is 4.39 Å². The number of alkyl halides is 3. The van der Waals surface area contributed by atoms with Gasteiger partial charge in [-0.2, -0.15) is 0 Å². The first-order chi connectivity index (χ1) is 12.9. The Balaban J connectivity index is 1.95. The lowest BCUT2D eigenvalue weighted by Crippen LogP contribution is -2.62. The van der Waals surface area contributed by atoms with E-state index in [2.05, 4.69) is 10.2 Å². The number of carbonyl (C=O) groups is 2. The van der Waals surface area contributed by atoms with E-state index in [0.717, 1.165) is 19.6 Å². The molecule has 0 aromatic heterocycles. The second-order valence-electron chi connectivity index (χ2n) is 7.32. The topological polar surface area (TPSA) is 72.9 Å². The van der Waals surface area contributed by atoms with Gasteiger partial charge in [0, 0.05) is 62.5 Å². The molecular weight excluding hydrogens is 396 g/mol. The predicted molar refractivity (Wildman–Crippen MR) is 104 cm³/mol. The number of aliphatic carboxylic acids is 1. The number of Topliss-reactive ketones (excluding diaryl/α,β-unsaturated/α-hetero) is 1. The van der Waals surface area contributed by atoms with Crippen LogP contribution in [-0.2, 0) is 9.59 Å². The number of carboxylic acid groups (broad SMARTS) is 1. The van der Waals surface area contributed by atoms with E-state index >= 15 is 0 Å². The first kappa shape index (κ1) is 22.8. The number of fused-ring (bicyclic) bond motifs is 1. The number of rotatable bonds is 10. The Labute approximate surface area is 170 Å². The third-order valence-electron chi connectivity index (χ3n) is 5.81. The molecule has 0 amide bonds. The van der Waals surface area contributed by atoms with Crippen molar-refractivity contribution >= 4 is 35.0 Å². The molecule has 9 heteroatoms. The number of hydrogen-bond donors (Lipinski definition) is 2. The number of piperidine rings is 1. The van der Waals surface area contributed by atoms with Crippen LogP contribution in [0.1, 0.15) is 19.8 Å². The van der Waals surface area contributed by atoms with Gasteiger partial charge in [-0.1, -0.05) is 6.92 Å². The lowest BCUT2D eigenvalue weighted by molar-refractivity contribution is -0.155. The maximum atomic E-state index is 14.7. The number of nitrogens with zero attached hydrogens (tertiary/aromatic N) is 2. The molecule has 156 valence electrons. The third-order valence-corrected chi connectivity index (χ3v) is 6.15. The monoisotopic (exact) mass is 425 g/mol. The molecule has 5 atom stereocenters. The van der Waals surface area contributed by atoms with E-state index in [4.69, 9.17) is 23.2 Å². The van der Waals surface area contributed by atoms with Gasteiger partial charge < -0.3 is 10.4 Å². The SMILES string of the molecule is CCN1CC(C(=O)O)C(=O)C2CC(F)C(NCCN(CCCl)CCCl)CC21. The fourth-order valence-corrected chi connectivity index (χ4v) is 4.80. The van der Waals surface area contributed by atoms with E-state index in [1.165, 1.54) is 0 Å². The maximum Gasteiger partial charge on any atom is 0.315 e. The lowest BCUT2D eigenvalue weighted by Gasteiger charge is -2.48. The number of likely N-dealkylation sites (tertiary alicyclic amines) is 1. The molecule has 1 saturated carbocycles. The van der Waals surface area contributed by atoms with Gasteiger partial charge in [-0.15, -0.1) is 23.2 Å². The summed E-state index contributed by atoms with van der Waals surface area (Å²) >= 11 is 11.6. The predicted octanol–water partition coefficient (Wildman–Crippen LogP) is 1.45. The van der Waals surface area contributed by atoms with Crippen molar-refractivity contribution in [2.45, 2.75) is 38.0 Å². The smallest absolute Gasteiger partial charge is 0.315 e. The van der Waals surface area contributed by atoms with Crippen LogP contribution in [0.25, 0.3) is 0 Å². The first-order valence-corrected chi connectivity index (χ1v) is 10.7. The standard InChI is InChI=1S/C18H30Cl2FN3O3/c1-2-24-11-13(18(26)27)17(25)12-9-14(21)15(10-16(12)24)22-5-8-23(6-3-19)7-4-20/h12-16,22H,2-11H2,1H3,(H,26,27). The number of hydrogen-bond acceptors (Lipinski definition) is 5. The van der Waals surface area contributed by atoms with Gasteiger partial charge in [-0.05, 0) is 19.4 Å². The molecule has 1 saturated heterocycles. The van der Waals surface area contributed by atoms with Gasteiger partial charge in [0.15, 0.2) is 5.78 Å². The van der Waals surface area contributed by atoms with Gasteiger partial charge in [0.25, 0.3) is 0 Å². The molecular formula is C18H30Cl2FN3O3. The van der Waals surface area contributed by atoms with Crippen LogP contribution < -0.4 is 5.32 Å². The zero-order valence-corrected chi connectivity index (χ0v) is 17.3. The van der Waals surface area contributed by atoms with E-state index in [1.54, 1.807) is 0 Å². The average molecular weight is 426 g/mol. The van der Waals surface area contributed by atoms with Crippen LogP contribution in [0.15, 0.2) is 0 Å². The molecule has 6 nitrogen and oxygen atoms in total. The highest BCUT2D eigenvalue weighted by Crippen LogP contribution is 2.36. The molecule has 2 fully saturated rings. The Hall–Kier alpha value is -0.470. The van der Waals surface area contributed by atoms with Gasteiger partial charge >= 0.3 is 5.97 Å². The highest BCUT2D eigenvalue weighted by molar-refractivity contribution is 6.18. The van der Waals surface area contributed by atoms with Gasteiger partial charge in [-0.25, -0.2) is 4.39 Å².